The van der Waals surface area contributed by atoms with E-state index in [1.807, 2.05) is 18.2 Å². The fourth-order valence-corrected chi connectivity index (χ4v) is 1.69. The normalized spacial score (nSPS) is 10.1. The van der Waals surface area contributed by atoms with Gasteiger partial charge in [0.1, 0.15) is 0 Å². The van der Waals surface area contributed by atoms with Gasteiger partial charge in [-0.25, -0.2) is 0 Å². The Hall–Kier alpha value is -1.75. The molecule has 0 aliphatic rings. The van der Waals surface area contributed by atoms with Gasteiger partial charge >= 0.3 is 5.97 Å². The predicted molar refractivity (Wildman–Crippen MR) is 72.8 cm³/mol. The highest BCUT2D eigenvalue weighted by Crippen LogP contribution is 2.27. The van der Waals surface area contributed by atoms with Gasteiger partial charge in [0.25, 0.3) is 0 Å². The zero-order valence-electron chi connectivity index (χ0n) is 11.7. The van der Waals surface area contributed by atoms with Crippen LogP contribution in [0.25, 0.3) is 0 Å². The molecular weight excluding hydrogens is 246 g/mol. The summed E-state index contributed by atoms with van der Waals surface area (Å²) in [4.78, 5) is 10.9. The van der Waals surface area contributed by atoms with Crippen molar-refractivity contribution < 1.29 is 19.0 Å². The maximum Gasteiger partial charge on any atom is 0.306 e. The molecule has 0 saturated carbocycles. The average molecular weight is 267 g/mol. The number of hydrogen-bond donors (Lipinski definition) is 1. The smallest absolute Gasteiger partial charge is 0.306 e. The summed E-state index contributed by atoms with van der Waals surface area (Å²) >= 11 is 0. The molecule has 0 unspecified atom stereocenters. The fourth-order valence-electron chi connectivity index (χ4n) is 1.69. The van der Waals surface area contributed by atoms with Crippen molar-refractivity contribution in [3.8, 4) is 11.5 Å². The molecule has 0 aromatic heterocycles. The van der Waals surface area contributed by atoms with Gasteiger partial charge in [-0.05, 0) is 30.7 Å². The van der Waals surface area contributed by atoms with Gasteiger partial charge in [-0.3, -0.25) is 4.79 Å². The number of carbonyl (C=O) groups excluding carboxylic acids is 1. The lowest BCUT2D eigenvalue weighted by Gasteiger charge is -2.10. The molecule has 0 amide bonds. The van der Waals surface area contributed by atoms with Crippen LogP contribution in [0.1, 0.15) is 12.0 Å². The molecular formula is C14H21NO4. The standard InChI is InChI=1S/C14H21NO4/c1-17-12-5-4-11(10-13(12)18-2)6-8-15-9-7-14(16)19-3/h4-5,10,15H,6-9H2,1-3H3. The van der Waals surface area contributed by atoms with E-state index in [0.29, 0.717) is 13.0 Å². The van der Waals surface area contributed by atoms with Crippen molar-refractivity contribution in [1.82, 2.24) is 5.32 Å². The predicted octanol–water partition coefficient (Wildman–Crippen LogP) is 1.40. The third-order valence-corrected chi connectivity index (χ3v) is 2.77. The van der Waals surface area contributed by atoms with Gasteiger partial charge in [0, 0.05) is 6.54 Å². The van der Waals surface area contributed by atoms with E-state index in [-0.39, 0.29) is 5.97 Å². The van der Waals surface area contributed by atoms with Crippen LogP contribution in [-0.4, -0.2) is 40.4 Å². The molecule has 5 nitrogen and oxygen atoms in total. The molecule has 1 aromatic carbocycles. The van der Waals surface area contributed by atoms with E-state index in [1.165, 1.54) is 7.11 Å². The van der Waals surface area contributed by atoms with Crippen LogP contribution >= 0.6 is 0 Å². The van der Waals surface area contributed by atoms with Crippen LogP contribution in [0.5, 0.6) is 11.5 Å². The Morgan fingerprint density at radius 3 is 2.47 bits per heavy atom. The van der Waals surface area contributed by atoms with Gasteiger partial charge in [-0.15, -0.1) is 0 Å². The molecule has 0 atom stereocenters. The summed E-state index contributed by atoms with van der Waals surface area (Å²) in [5, 5.41) is 3.19. The third kappa shape index (κ3) is 5.18. The van der Waals surface area contributed by atoms with Crippen LogP contribution in [0, 0.1) is 0 Å². The Kier molecular flexibility index (Phi) is 6.74. The van der Waals surface area contributed by atoms with Crippen LogP contribution in [0.2, 0.25) is 0 Å². The van der Waals surface area contributed by atoms with Gasteiger partial charge in [-0.2, -0.15) is 0 Å². The van der Waals surface area contributed by atoms with Gasteiger partial charge in [0.05, 0.1) is 27.8 Å². The van der Waals surface area contributed by atoms with Crippen molar-refractivity contribution in [3.05, 3.63) is 23.8 Å². The second kappa shape index (κ2) is 8.37. The van der Waals surface area contributed by atoms with Crippen molar-refractivity contribution in [2.45, 2.75) is 12.8 Å². The fraction of sp³-hybridized carbons (Fsp3) is 0.500. The molecule has 5 heteroatoms. The Morgan fingerprint density at radius 1 is 1.11 bits per heavy atom. The van der Waals surface area contributed by atoms with E-state index in [1.54, 1.807) is 14.2 Å². The Balaban J connectivity index is 2.35. The van der Waals surface area contributed by atoms with E-state index in [0.717, 1.165) is 30.0 Å². The molecule has 19 heavy (non-hydrogen) atoms. The minimum Gasteiger partial charge on any atom is -0.493 e. The van der Waals surface area contributed by atoms with E-state index in [9.17, 15) is 4.79 Å². The van der Waals surface area contributed by atoms with Gasteiger partial charge in [0.2, 0.25) is 0 Å². The summed E-state index contributed by atoms with van der Waals surface area (Å²) in [6.07, 6.45) is 1.25. The molecule has 1 rings (SSSR count). The average Bonchev–Trinajstić information content (AvgIpc) is 2.46. The van der Waals surface area contributed by atoms with Crippen molar-refractivity contribution >= 4 is 5.97 Å². The summed E-state index contributed by atoms with van der Waals surface area (Å²) in [5.74, 6) is 1.26. The van der Waals surface area contributed by atoms with E-state index in [2.05, 4.69) is 10.1 Å². The molecule has 0 bridgehead atoms. The molecule has 0 fully saturated rings. The Labute approximate surface area is 113 Å². The lowest BCUT2D eigenvalue weighted by molar-refractivity contribution is -0.140. The van der Waals surface area contributed by atoms with Crippen molar-refractivity contribution in [1.29, 1.82) is 0 Å². The minimum absolute atomic E-state index is 0.196. The molecule has 1 N–H and O–H groups in total. The quantitative estimate of drug-likeness (QED) is 0.570. The van der Waals surface area contributed by atoms with Crippen LogP contribution in [-0.2, 0) is 16.0 Å². The first-order chi connectivity index (χ1) is 9.21. The number of carbonyl (C=O) groups is 1. The molecule has 0 radical (unpaired) electrons. The largest absolute Gasteiger partial charge is 0.493 e. The lowest BCUT2D eigenvalue weighted by Crippen LogP contribution is -2.21. The SMILES string of the molecule is COC(=O)CCNCCc1ccc(OC)c(OC)c1. The summed E-state index contributed by atoms with van der Waals surface area (Å²) in [5.41, 5.74) is 1.16. The number of ether oxygens (including phenoxy) is 3. The van der Waals surface area contributed by atoms with E-state index in [4.69, 9.17) is 9.47 Å². The summed E-state index contributed by atoms with van der Waals surface area (Å²) in [7, 11) is 4.63. The van der Waals surface area contributed by atoms with Crippen LogP contribution in [0.15, 0.2) is 18.2 Å². The zero-order chi connectivity index (χ0) is 14.1. The van der Waals surface area contributed by atoms with Crippen molar-refractivity contribution in [2.24, 2.45) is 0 Å². The van der Waals surface area contributed by atoms with Gasteiger partial charge in [-0.1, -0.05) is 6.07 Å². The molecule has 106 valence electrons. The summed E-state index contributed by atoms with van der Waals surface area (Å²) < 4.78 is 15.0. The Bertz CT molecular complexity index is 406. The summed E-state index contributed by atoms with van der Waals surface area (Å²) in [6.45, 7) is 1.42. The number of esters is 1. The highest BCUT2D eigenvalue weighted by Gasteiger charge is 2.04. The van der Waals surface area contributed by atoms with Crippen molar-refractivity contribution in [2.75, 3.05) is 34.4 Å². The van der Waals surface area contributed by atoms with Crippen LogP contribution in [0.3, 0.4) is 0 Å². The number of methoxy groups -OCH3 is 3. The number of nitrogens with one attached hydrogen (secondary N) is 1. The first kappa shape index (κ1) is 15.3. The first-order valence-corrected chi connectivity index (χ1v) is 6.19. The van der Waals surface area contributed by atoms with Crippen LogP contribution in [0.4, 0.5) is 0 Å². The van der Waals surface area contributed by atoms with E-state index >= 15 is 0 Å². The molecule has 0 aliphatic heterocycles. The Morgan fingerprint density at radius 2 is 1.84 bits per heavy atom. The molecule has 1 aromatic rings. The van der Waals surface area contributed by atoms with Gasteiger partial charge in [0.15, 0.2) is 11.5 Å². The lowest BCUT2D eigenvalue weighted by atomic mass is 10.1. The molecule has 0 heterocycles. The highest BCUT2D eigenvalue weighted by molar-refractivity contribution is 5.69. The number of benzene rings is 1. The maximum atomic E-state index is 10.9. The molecule has 0 spiro atoms. The molecule has 0 saturated heterocycles. The van der Waals surface area contributed by atoms with E-state index < -0.39 is 0 Å². The second-order valence-electron chi connectivity index (χ2n) is 4.02. The van der Waals surface area contributed by atoms with Gasteiger partial charge < -0.3 is 19.5 Å². The number of rotatable bonds is 8. The zero-order valence-corrected chi connectivity index (χ0v) is 11.7. The topological polar surface area (TPSA) is 56.8 Å². The summed E-state index contributed by atoms with van der Waals surface area (Å²) in [6, 6.07) is 5.85. The second-order valence-corrected chi connectivity index (χ2v) is 4.02. The third-order valence-electron chi connectivity index (χ3n) is 2.77. The van der Waals surface area contributed by atoms with Crippen molar-refractivity contribution in [3.63, 3.8) is 0 Å². The maximum absolute atomic E-state index is 10.9. The first-order valence-electron chi connectivity index (χ1n) is 6.19. The monoisotopic (exact) mass is 267 g/mol. The minimum atomic E-state index is -0.196. The highest BCUT2D eigenvalue weighted by atomic mass is 16.5. The number of hydrogen-bond acceptors (Lipinski definition) is 5. The molecule has 0 aliphatic carbocycles. The van der Waals surface area contributed by atoms with Crippen LogP contribution < -0.4 is 14.8 Å².